The van der Waals surface area contributed by atoms with E-state index in [0.717, 1.165) is 22.7 Å². The molecule has 1 amide bonds. The molecule has 2 heterocycles. The number of nitrogens with zero attached hydrogens (tertiary/aromatic N) is 3. The molecule has 1 N–H and O–H groups in total. The molecule has 0 spiro atoms. The molecule has 0 aliphatic heterocycles. The second-order valence-corrected chi connectivity index (χ2v) is 5.82. The van der Waals surface area contributed by atoms with Crippen molar-refractivity contribution in [2.45, 2.75) is 32.9 Å². The highest BCUT2D eigenvalue weighted by atomic mass is 16.2. The van der Waals surface area contributed by atoms with Gasteiger partial charge in [-0.2, -0.15) is 5.10 Å². The second-order valence-electron chi connectivity index (χ2n) is 5.82. The fourth-order valence-electron chi connectivity index (χ4n) is 2.77. The fourth-order valence-corrected chi connectivity index (χ4v) is 2.77. The molecule has 0 saturated heterocycles. The molecule has 0 fully saturated rings. The number of para-hydroxylation sites is 1. The molecular weight excluding hydrogens is 292 g/mol. The number of carbonyl (C=O) groups is 1. The highest BCUT2D eigenvalue weighted by Crippen LogP contribution is 2.25. The molecular formula is C17H20N4O2. The van der Waals surface area contributed by atoms with E-state index in [1.54, 1.807) is 17.8 Å². The third-order valence-corrected chi connectivity index (χ3v) is 4.19. The summed E-state index contributed by atoms with van der Waals surface area (Å²) in [6.07, 6.45) is 2.55. The predicted octanol–water partition coefficient (Wildman–Crippen LogP) is 1.80. The van der Waals surface area contributed by atoms with Crippen molar-refractivity contribution in [2.75, 3.05) is 0 Å². The number of rotatable bonds is 4. The van der Waals surface area contributed by atoms with Gasteiger partial charge in [-0.15, -0.1) is 0 Å². The highest BCUT2D eigenvalue weighted by molar-refractivity contribution is 6.07. The second kappa shape index (κ2) is 5.87. The first-order valence-electron chi connectivity index (χ1n) is 7.75. The van der Waals surface area contributed by atoms with E-state index < -0.39 is 0 Å². The maximum Gasteiger partial charge on any atom is 0.291 e. The van der Waals surface area contributed by atoms with Crippen molar-refractivity contribution in [1.29, 1.82) is 0 Å². The van der Waals surface area contributed by atoms with E-state index in [9.17, 15) is 9.59 Å². The summed E-state index contributed by atoms with van der Waals surface area (Å²) in [5, 5.41) is 8.76. The van der Waals surface area contributed by atoms with Crippen LogP contribution in [0, 0.1) is 0 Å². The van der Waals surface area contributed by atoms with Gasteiger partial charge < -0.3 is 9.88 Å². The number of hydrogen-bond acceptors (Lipinski definition) is 3. The van der Waals surface area contributed by atoms with Crippen LogP contribution >= 0.6 is 0 Å². The molecule has 0 radical (unpaired) electrons. The maximum absolute atomic E-state index is 12.5. The summed E-state index contributed by atoms with van der Waals surface area (Å²) in [4.78, 5) is 24.8. The highest BCUT2D eigenvalue weighted by Gasteiger charge is 2.17. The first kappa shape index (κ1) is 15.3. The lowest BCUT2D eigenvalue weighted by Crippen LogP contribution is -2.35. The van der Waals surface area contributed by atoms with E-state index in [2.05, 4.69) is 10.4 Å². The Morgan fingerprint density at radius 2 is 2.04 bits per heavy atom. The van der Waals surface area contributed by atoms with Gasteiger partial charge in [0.05, 0.1) is 6.20 Å². The van der Waals surface area contributed by atoms with Gasteiger partial charge >= 0.3 is 0 Å². The molecule has 6 heteroatoms. The normalized spacial score (nSPS) is 12.7. The van der Waals surface area contributed by atoms with Crippen LogP contribution in [0.25, 0.3) is 21.8 Å². The quantitative estimate of drug-likeness (QED) is 0.799. The summed E-state index contributed by atoms with van der Waals surface area (Å²) < 4.78 is 3.08. The Kier molecular flexibility index (Phi) is 3.90. The van der Waals surface area contributed by atoms with Crippen molar-refractivity contribution in [3.8, 4) is 0 Å². The number of carbonyl (C=O) groups excluding carboxylic acids is 1. The molecule has 1 aromatic carbocycles. The van der Waals surface area contributed by atoms with Gasteiger partial charge in [0.25, 0.3) is 5.56 Å². The SMILES string of the molecule is CC[C@H](C)NC(=O)Cn1c2ccccc2c2cnn(C)c(=O)c21. The molecule has 0 bridgehead atoms. The number of hydrogen-bond donors (Lipinski definition) is 1. The molecule has 6 nitrogen and oxygen atoms in total. The van der Waals surface area contributed by atoms with Crippen molar-refractivity contribution in [3.63, 3.8) is 0 Å². The fraction of sp³-hybridized carbons (Fsp3) is 0.353. The molecule has 2 aromatic heterocycles. The van der Waals surface area contributed by atoms with Crippen LogP contribution in [-0.4, -0.2) is 26.3 Å². The first-order chi connectivity index (χ1) is 11.0. The number of nitrogens with one attached hydrogen (secondary N) is 1. The molecule has 23 heavy (non-hydrogen) atoms. The van der Waals surface area contributed by atoms with Gasteiger partial charge in [0, 0.05) is 29.4 Å². The largest absolute Gasteiger partial charge is 0.352 e. The summed E-state index contributed by atoms with van der Waals surface area (Å²) in [5.74, 6) is -0.0964. The molecule has 120 valence electrons. The standard InChI is InChI=1S/C17H20N4O2/c1-4-11(2)19-15(22)10-21-14-8-6-5-7-12(14)13-9-18-20(3)17(23)16(13)21/h5-9,11H,4,10H2,1-3H3,(H,19,22)/t11-/m0/s1. The Morgan fingerprint density at radius 1 is 1.30 bits per heavy atom. The predicted molar refractivity (Wildman–Crippen MR) is 90.4 cm³/mol. The Balaban J connectivity index is 2.19. The zero-order valence-electron chi connectivity index (χ0n) is 13.5. The number of fused-ring (bicyclic) bond motifs is 3. The van der Waals surface area contributed by atoms with E-state index in [1.807, 2.05) is 38.1 Å². The molecule has 1 atom stereocenters. The lowest BCUT2D eigenvalue weighted by molar-refractivity contribution is -0.122. The van der Waals surface area contributed by atoms with Crippen molar-refractivity contribution < 1.29 is 4.79 Å². The summed E-state index contributed by atoms with van der Waals surface area (Å²) in [5.41, 5.74) is 1.19. The molecule has 3 rings (SSSR count). The molecule has 0 aliphatic rings. The average molecular weight is 312 g/mol. The van der Waals surface area contributed by atoms with Crippen LogP contribution in [0.1, 0.15) is 20.3 Å². The minimum atomic E-state index is -0.199. The van der Waals surface area contributed by atoms with Gasteiger partial charge in [-0.25, -0.2) is 4.68 Å². The Morgan fingerprint density at radius 3 is 2.78 bits per heavy atom. The van der Waals surface area contributed by atoms with Crippen LogP contribution in [0.2, 0.25) is 0 Å². The van der Waals surface area contributed by atoms with Crippen LogP contribution in [-0.2, 0) is 18.4 Å². The summed E-state index contributed by atoms with van der Waals surface area (Å²) in [6, 6.07) is 7.80. The number of aromatic nitrogens is 3. The number of benzene rings is 1. The van der Waals surface area contributed by atoms with Gasteiger partial charge in [0.15, 0.2) is 0 Å². The van der Waals surface area contributed by atoms with Gasteiger partial charge in [-0.1, -0.05) is 25.1 Å². The van der Waals surface area contributed by atoms with Gasteiger partial charge in [-0.05, 0) is 19.4 Å². The summed E-state index contributed by atoms with van der Waals surface area (Å²) in [7, 11) is 1.61. The zero-order valence-corrected chi connectivity index (χ0v) is 13.5. The molecule has 3 aromatic rings. The van der Waals surface area contributed by atoms with Crippen LogP contribution in [0.4, 0.5) is 0 Å². The smallest absolute Gasteiger partial charge is 0.291 e. The van der Waals surface area contributed by atoms with E-state index in [0.29, 0.717) is 5.52 Å². The lowest BCUT2D eigenvalue weighted by Gasteiger charge is -2.13. The van der Waals surface area contributed by atoms with E-state index >= 15 is 0 Å². The summed E-state index contributed by atoms with van der Waals surface area (Å²) in [6.45, 7) is 4.10. The summed E-state index contributed by atoms with van der Waals surface area (Å²) >= 11 is 0. The van der Waals surface area contributed by atoms with Crippen molar-refractivity contribution >= 4 is 27.7 Å². The van der Waals surface area contributed by atoms with Crippen LogP contribution in [0.5, 0.6) is 0 Å². The Hall–Kier alpha value is -2.63. The topological polar surface area (TPSA) is 68.9 Å². The molecule has 0 aliphatic carbocycles. The van der Waals surface area contributed by atoms with Gasteiger partial charge in [0.1, 0.15) is 12.1 Å². The van der Waals surface area contributed by atoms with E-state index in [-0.39, 0.29) is 24.1 Å². The van der Waals surface area contributed by atoms with E-state index in [4.69, 9.17) is 0 Å². The third kappa shape index (κ3) is 2.60. The number of aryl methyl sites for hydroxylation is 1. The van der Waals surface area contributed by atoms with Gasteiger partial charge in [0.2, 0.25) is 5.91 Å². The maximum atomic E-state index is 12.5. The van der Waals surface area contributed by atoms with Crippen LogP contribution < -0.4 is 10.9 Å². The van der Waals surface area contributed by atoms with Crippen LogP contribution in [0.15, 0.2) is 35.3 Å². The zero-order chi connectivity index (χ0) is 16.6. The lowest BCUT2D eigenvalue weighted by atomic mass is 10.2. The average Bonchev–Trinajstić information content (AvgIpc) is 2.85. The van der Waals surface area contributed by atoms with Crippen molar-refractivity contribution in [1.82, 2.24) is 19.7 Å². The first-order valence-corrected chi connectivity index (χ1v) is 7.75. The minimum absolute atomic E-state index is 0.0964. The van der Waals surface area contributed by atoms with Crippen molar-refractivity contribution in [2.24, 2.45) is 7.05 Å². The van der Waals surface area contributed by atoms with E-state index in [1.165, 1.54) is 4.68 Å². The van der Waals surface area contributed by atoms with Crippen LogP contribution in [0.3, 0.4) is 0 Å². The monoisotopic (exact) mass is 312 g/mol. The Bertz CT molecular complexity index is 939. The van der Waals surface area contributed by atoms with Crippen molar-refractivity contribution in [3.05, 3.63) is 40.8 Å². The van der Waals surface area contributed by atoms with Gasteiger partial charge in [-0.3, -0.25) is 9.59 Å². The molecule has 0 saturated carbocycles. The third-order valence-electron chi connectivity index (χ3n) is 4.19. The minimum Gasteiger partial charge on any atom is -0.352 e. The number of amides is 1. The Labute approximate surface area is 133 Å². The molecule has 0 unspecified atom stereocenters.